The smallest absolute Gasteiger partial charge is 0.0938 e. The molecule has 2 unspecified atom stereocenters. The average Bonchev–Trinajstić information content (AvgIpc) is 2.55. The molecule has 0 radical (unpaired) electrons. The van der Waals surface area contributed by atoms with E-state index < -0.39 is 0 Å². The predicted molar refractivity (Wildman–Crippen MR) is 79.6 cm³/mol. The molecule has 2 heterocycles. The molecule has 0 aliphatic carbocycles. The molecule has 17 heavy (non-hydrogen) atoms. The summed E-state index contributed by atoms with van der Waals surface area (Å²) >= 11 is 4.31. The van der Waals surface area contributed by atoms with Crippen LogP contribution in [-0.4, -0.2) is 4.75 Å². The van der Waals surface area contributed by atoms with Crippen molar-refractivity contribution in [2.75, 3.05) is 0 Å². The Bertz CT molecular complexity index is 472. The van der Waals surface area contributed by atoms with E-state index in [9.17, 15) is 0 Å². The molecule has 1 saturated heterocycles. The highest BCUT2D eigenvalue weighted by molar-refractivity contribution is 8.19. The third-order valence-electron chi connectivity index (χ3n) is 4.82. The topological polar surface area (TPSA) is 0 Å². The lowest BCUT2D eigenvalue weighted by Gasteiger charge is -2.65. The van der Waals surface area contributed by atoms with Gasteiger partial charge in [0.2, 0.25) is 0 Å². The quantitative estimate of drug-likeness (QED) is 0.632. The Morgan fingerprint density at radius 1 is 1.06 bits per heavy atom. The van der Waals surface area contributed by atoms with Gasteiger partial charge in [0, 0.05) is 15.4 Å². The first-order valence-corrected chi connectivity index (χ1v) is 7.99. The van der Waals surface area contributed by atoms with Crippen LogP contribution in [0.25, 0.3) is 0 Å². The molecule has 0 N–H and O–H groups in total. The molecule has 2 atom stereocenters. The highest BCUT2D eigenvalue weighted by atomic mass is 32.2. The molecule has 1 fully saturated rings. The Hall–Kier alpha value is -0.0800. The molecule has 1 aromatic rings. The Kier molecular flexibility index (Phi) is 2.30. The van der Waals surface area contributed by atoms with Crippen molar-refractivity contribution in [1.82, 2.24) is 0 Å². The van der Waals surface area contributed by atoms with Crippen molar-refractivity contribution < 1.29 is 0 Å². The van der Waals surface area contributed by atoms with Crippen LogP contribution in [0, 0.1) is 5.41 Å². The zero-order chi connectivity index (χ0) is 12.5. The van der Waals surface area contributed by atoms with Gasteiger partial charge in [-0.1, -0.05) is 52.0 Å². The fourth-order valence-electron chi connectivity index (χ4n) is 3.05. The molecule has 2 heteroatoms. The zero-order valence-corrected chi connectivity index (χ0v) is 12.8. The second kappa shape index (κ2) is 3.27. The van der Waals surface area contributed by atoms with Crippen molar-refractivity contribution >= 4 is 23.5 Å². The maximum Gasteiger partial charge on any atom is 0.0938 e. The van der Waals surface area contributed by atoms with Crippen molar-refractivity contribution in [2.45, 2.75) is 48.7 Å². The first kappa shape index (κ1) is 12.0. The Balaban J connectivity index is 2.15. The van der Waals surface area contributed by atoms with Gasteiger partial charge in [0.25, 0.3) is 0 Å². The van der Waals surface area contributed by atoms with E-state index in [1.807, 2.05) is 0 Å². The van der Waals surface area contributed by atoms with Crippen LogP contribution in [0.2, 0.25) is 0 Å². The van der Waals surface area contributed by atoms with E-state index in [1.165, 1.54) is 0 Å². The summed E-state index contributed by atoms with van der Waals surface area (Å²) in [4.78, 5) is 0. The normalized spacial score (nSPS) is 36.6. The van der Waals surface area contributed by atoms with Crippen LogP contribution in [-0.2, 0) is 4.08 Å². The number of hydrogen-bond donors (Lipinski definition) is 0. The van der Waals surface area contributed by atoms with E-state index in [1.54, 1.807) is 11.1 Å². The summed E-state index contributed by atoms with van der Waals surface area (Å²) in [7, 11) is 0. The molecule has 2 aliphatic rings. The summed E-state index contributed by atoms with van der Waals surface area (Å²) in [6.45, 7) is 12.0. The standard InChI is InChI=1S/C15H20S2/c1-10-11-8-6-7-9-12(11)15(16-10)13(2,3)14(4,5)17-15/h6-10H,1-5H3. The summed E-state index contributed by atoms with van der Waals surface area (Å²) < 4.78 is 0.656. The minimum Gasteiger partial charge on any atom is -0.132 e. The highest BCUT2D eigenvalue weighted by Gasteiger charge is 2.69. The summed E-state index contributed by atoms with van der Waals surface area (Å²) in [5.74, 6) is 0. The maximum absolute atomic E-state index is 2.44. The largest absolute Gasteiger partial charge is 0.132 e. The molecule has 0 saturated carbocycles. The summed E-state index contributed by atoms with van der Waals surface area (Å²) in [5, 5.41) is 0.633. The number of hydrogen-bond acceptors (Lipinski definition) is 2. The van der Waals surface area contributed by atoms with Gasteiger partial charge in [0.05, 0.1) is 4.08 Å². The minimum absolute atomic E-state index is 0.284. The maximum atomic E-state index is 2.44. The van der Waals surface area contributed by atoms with Crippen LogP contribution in [0.15, 0.2) is 24.3 Å². The van der Waals surface area contributed by atoms with Gasteiger partial charge in [0.1, 0.15) is 0 Å². The monoisotopic (exact) mass is 264 g/mol. The van der Waals surface area contributed by atoms with Gasteiger partial charge in [-0.25, -0.2) is 0 Å². The van der Waals surface area contributed by atoms with Crippen LogP contribution >= 0.6 is 23.5 Å². The Morgan fingerprint density at radius 2 is 1.71 bits per heavy atom. The second-order valence-electron chi connectivity index (χ2n) is 6.20. The lowest BCUT2D eigenvalue weighted by molar-refractivity contribution is 0.213. The van der Waals surface area contributed by atoms with Crippen molar-refractivity contribution in [3.8, 4) is 0 Å². The SMILES string of the molecule is CC1SC2(SC(C)(C)C2(C)C)c2ccccc21. The number of benzene rings is 1. The van der Waals surface area contributed by atoms with Crippen LogP contribution < -0.4 is 0 Å². The van der Waals surface area contributed by atoms with Gasteiger partial charge < -0.3 is 0 Å². The molecule has 0 aromatic heterocycles. The molecule has 92 valence electrons. The van der Waals surface area contributed by atoms with Gasteiger partial charge in [-0.3, -0.25) is 0 Å². The number of thioether (sulfide) groups is 2. The average molecular weight is 264 g/mol. The summed E-state index contributed by atoms with van der Waals surface area (Å²) in [5.41, 5.74) is 3.47. The molecular formula is C15H20S2. The molecule has 2 aliphatic heterocycles. The van der Waals surface area contributed by atoms with E-state index in [-0.39, 0.29) is 4.08 Å². The Labute approximate surface area is 113 Å². The molecule has 0 bridgehead atoms. The predicted octanol–water partition coefficient (Wildman–Crippen LogP) is 5.20. The fourth-order valence-corrected chi connectivity index (χ4v) is 7.84. The highest BCUT2D eigenvalue weighted by Crippen LogP contribution is 2.81. The molecule has 3 rings (SSSR count). The summed E-state index contributed by atoms with van der Waals surface area (Å²) in [6, 6.07) is 9.02. The third kappa shape index (κ3) is 1.24. The molecule has 0 amide bonds. The second-order valence-corrected chi connectivity index (χ2v) is 9.85. The third-order valence-corrected chi connectivity index (χ3v) is 9.07. The van der Waals surface area contributed by atoms with E-state index in [2.05, 4.69) is 82.4 Å². The first-order chi connectivity index (χ1) is 7.82. The lowest BCUT2D eigenvalue weighted by Crippen LogP contribution is -2.59. The van der Waals surface area contributed by atoms with Crippen LogP contribution in [0.1, 0.15) is 51.0 Å². The van der Waals surface area contributed by atoms with Crippen molar-refractivity contribution in [3.63, 3.8) is 0 Å². The van der Waals surface area contributed by atoms with Gasteiger partial charge in [-0.2, -0.15) is 0 Å². The van der Waals surface area contributed by atoms with Crippen molar-refractivity contribution in [3.05, 3.63) is 35.4 Å². The summed E-state index contributed by atoms with van der Waals surface area (Å²) in [6.07, 6.45) is 0. The molecule has 0 nitrogen and oxygen atoms in total. The first-order valence-electron chi connectivity index (χ1n) is 6.29. The lowest BCUT2D eigenvalue weighted by atomic mass is 9.72. The van der Waals surface area contributed by atoms with Crippen molar-refractivity contribution in [1.29, 1.82) is 0 Å². The van der Waals surface area contributed by atoms with Crippen LogP contribution in [0.3, 0.4) is 0 Å². The fraction of sp³-hybridized carbons (Fsp3) is 0.600. The van der Waals surface area contributed by atoms with Crippen molar-refractivity contribution in [2.24, 2.45) is 5.41 Å². The zero-order valence-electron chi connectivity index (χ0n) is 11.2. The van der Waals surface area contributed by atoms with Gasteiger partial charge in [0.15, 0.2) is 0 Å². The van der Waals surface area contributed by atoms with E-state index >= 15 is 0 Å². The Morgan fingerprint density at radius 3 is 2.29 bits per heavy atom. The van der Waals surface area contributed by atoms with Crippen LogP contribution in [0.5, 0.6) is 0 Å². The number of fused-ring (bicyclic) bond motifs is 2. The van der Waals surface area contributed by atoms with Gasteiger partial charge in [-0.15, -0.1) is 23.5 Å². The number of rotatable bonds is 0. The van der Waals surface area contributed by atoms with E-state index in [0.717, 1.165) is 0 Å². The van der Waals surface area contributed by atoms with Gasteiger partial charge in [-0.05, 0) is 18.1 Å². The molecule has 1 spiro atoms. The molecule has 1 aromatic carbocycles. The van der Waals surface area contributed by atoms with Crippen LogP contribution in [0.4, 0.5) is 0 Å². The van der Waals surface area contributed by atoms with E-state index in [0.29, 0.717) is 15.4 Å². The molecular weight excluding hydrogens is 244 g/mol. The van der Waals surface area contributed by atoms with Gasteiger partial charge >= 0.3 is 0 Å². The minimum atomic E-state index is 0.284. The van der Waals surface area contributed by atoms with E-state index in [4.69, 9.17) is 0 Å².